The van der Waals surface area contributed by atoms with Crippen molar-refractivity contribution in [2.45, 2.75) is 24.6 Å². The van der Waals surface area contributed by atoms with Crippen LogP contribution in [-0.2, 0) is 14.4 Å². The fraction of sp³-hybridized carbons (Fsp3) is 0.400. The van der Waals surface area contributed by atoms with Gasteiger partial charge >= 0.3 is 5.97 Å². The first kappa shape index (κ1) is 26.0. The summed E-state index contributed by atoms with van der Waals surface area (Å²) in [6.45, 7) is 2.81. The number of amides is 2. The lowest BCUT2D eigenvalue weighted by Crippen LogP contribution is -2.74. The summed E-state index contributed by atoms with van der Waals surface area (Å²) in [6, 6.07) is 8.69. The molecule has 0 radical (unpaired) electrons. The van der Waals surface area contributed by atoms with E-state index in [9.17, 15) is 19.5 Å². The normalized spacial score (nSPS) is 19.6. The zero-order valence-corrected chi connectivity index (χ0v) is 20.5. The monoisotopic (exact) mass is 509 g/mol. The topological polar surface area (TPSA) is 174 Å². The largest absolute Gasteiger partial charge is 0.488 e. The number of hydrogen-bond donors (Lipinski definition) is 5. The molecule has 0 spiro atoms. The van der Waals surface area contributed by atoms with Crippen molar-refractivity contribution < 1.29 is 24.2 Å². The quantitative estimate of drug-likeness (QED) is 0.222. The van der Waals surface area contributed by atoms with Crippen LogP contribution in [0.5, 0.6) is 5.75 Å². The van der Waals surface area contributed by atoms with Crippen molar-refractivity contribution in [1.29, 1.82) is 5.41 Å². The van der Waals surface area contributed by atoms with Gasteiger partial charge in [-0.05, 0) is 42.8 Å². The van der Waals surface area contributed by atoms with Crippen LogP contribution in [0, 0.1) is 5.41 Å². The first-order chi connectivity index (χ1) is 17.8. The number of hydrogen-bond acceptors (Lipinski definition) is 8. The molecule has 12 heteroatoms. The Kier molecular flexibility index (Phi) is 7.69. The van der Waals surface area contributed by atoms with E-state index in [4.69, 9.17) is 15.9 Å². The number of nitrogens with one attached hydrogen (secondary N) is 3. The van der Waals surface area contributed by atoms with Gasteiger partial charge in [-0.15, -0.1) is 0 Å². The smallest absolute Gasteiger partial charge is 0.336 e. The summed E-state index contributed by atoms with van der Waals surface area (Å²) in [5, 5.41) is 24.6. The number of aliphatic carboxylic acids is 1. The molecule has 3 unspecified atom stereocenters. The second kappa shape index (κ2) is 10.9. The summed E-state index contributed by atoms with van der Waals surface area (Å²) >= 11 is 0. The molecule has 37 heavy (non-hydrogen) atoms. The predicted molar refractivity (Wildman–Crippen MR) is 134 cm³/mol. The van der Waals surface area contributed by atoms with E-state index in [1.807, 2.05) is 0 Å². The third kappa shape index (κ3) is 4.98. The van der Waals surface area contributed by atoms with E-state index in [0.29, 0.717) is 30.0 Å². The highest BCUT2D eigenvalue weighted by atomic mass is 16.5. The Bertz CT molecular complexity index is 1160. The molecule has 196 valence electrons. The van der Waals surface area contributed by atoms with Crippen LogP contribution in [0.15, 0.2) is 48.8 Å². The number of carboxylic acids is 1. The molecular formula is C25H31N7O5. The molecule has 2 aromatic rings. The van der Waals surface area contributed by atoms with Crippen molar-refractivity contribution >= 4 is 23.6 Å². The lowest BCUT2D eigenvalue weighted by molar-refractivity contribution is -0.178. The summed E-state index contributed by atoms with van der Waals surface area (Å²) in [6.07, 6.45) is 1.98. The standard InChI is InChI=1S/C25H31N7O5/c1-16(37-19-6-4-17(5-7-19)23(26)27)25(24(35)36,32-12-10-30-15-21(32)34)22(18-3-2-8-28-13-18)31-11-9-29-14-20(31)33/h2-8,13,16,22,29-30H,9-12,14-15H2,1H3,(H3,26,27)(H,35,36). The van der Waals surface area contributed by atoms with Crippen molar-refractivity contribution in [3.05, 3.63) is 59.9 Å². The van der Waals surface area contributed by atoms with Crippen LogP contribution in [0.2, 0.25) is 0 Å². The molecule has 6 N–H and O–H groups in total. The number of carbonyl (C=O) groups is 3. The van der Waals surface area contributed by atoms with E-state index in [1.54, 1.807) is 49.5 Å². The zero-order chi connectivity index (χ0) is 26.6. The maximum absolute atomic E-state index is 13.5. The van der Waals surface area contributed by atoms with Crippen LogP contribution >= 0.6 is 0 Å². The fourth-order valence-corrected chi connectivity index (χ4v) is 5.10. The minimum atomic E-state index is -1.99. The molecule has 1 aromatic heterocycles. The molecule has 12 nitrogen and oxygen atoms in total. The van der Waals surface area contributed by atoms with Gasteiger partial charge in [0.2, 0.25) is 17.4 Å². The van der Waals surface area contributed by atoms with Crippen LogP contribution in [-0.4, -0.2) is 94.4 Å². The maximum atomic E-state index is 13.5. The molecule has 3 atom stereocenters. The lowest BCUT2D eigenvalue weighted by Gasteiger charge is -2.53. The molecular weight excluding hydrogens is 478 g/mol. The van der Waals surface area contributed by atoms with E-state index in [0.717, 1.165) is 0 Å². The van der Waals surface area contributed by atoms with Gasteiger partial charge in [-0.3, -0.25) is 20.0 Å². The van der Waals surface area contributed by atoms with Gasteiger partial charge in [0, 0.05) is 44.1 Å². The SMILES string of the molecule is CC(Oc1ccc(C(=N)N)cc1)C(C(=O)O)(C(c1cccnc1)N1CCNCC1=O)N1CCNCC1=O. The highest BCUT2D eigenvalue weighted by Gasteiger charge is 2.61. The summed E-state index contributed by atoms with van der Waals surface area (Å²) in [4.78, 5) is 47.0. The van der Waals surface area contributed by atoms with Gasteiger partial charge in [0.15, 0.2) is 0 Å². The Hall–Kier alpha value is -4.03. The minimum absolute atomic E-state index is 0.0374. The molecule has 0 aliphatic carbocycles. The molecule has 3 heterocycles. The molecule has 2 fully saturated rings. The summed E-state index contributed by atoms with van der Waals surface area (Å²) in [5.74, 6) is -1.77. The second-order valence-corrected chi connectivity index (χ2v) is 9.00. The van der Waals surface area contributed by atoms with Gasteiger partial charge in [-0.1, -0.05) is 6.07 Å². The minimum Gasteiger partial charge on any atom is -0.488 e. The highest BCUT2D eigenvalue weighted by Crippen LogP contribution is 2.42. The van der Waals surface area contributed by atoms with E-state index in [1.165, 1.54) is 16.0 Å². The number of rotatable bonds is 9. The summed E-state index contributed by atoms with van der Waals surface area (Å²) < 4.78 is 6.23. The first-order valence-corrected chi connectivity index (χ1v) is 12.0. The number of amidine groups is 1. The number of nitrogens with two attached hydrogens (primary N) is 1. The third-order valence-electron chi connectivity index (χ3n) is 6.83. The van der Waals surface area contributed by atoms with Crippen LogP contribution in [0.25, 0.3) is 0 Å². The Morgan fingerprint density at radius 3 is 2.38 bits per heavy atom. The molecule has 2 saturated heterocycles. The molecule has 0 saturated carbocycles. The van der Waals surface area contributed by atoms with E-state index in [2.05, 4.69) is 15.6 Å². The van der Waals surface area contributed by atoms with Gasteiger partial charge in [0.1, 0.15) is 17.7 Å². The number of ether oxygens (including phenoxy) is 1. The van der Waals surface area contributed by atoms with Gasteiger partial charge in [-0.25, -0.2) is 4.79 Å². The van der Waals surface area contributed by atoms with Crippen molar-refractivity contribution in [2.24, 2.45) is 5.73 Å². The Morgan fingerprint density at radius 2 is 1.81 bits per heavy atom. The predicted octanol–water partition coefficient (Wildman–Crippen LogP) is -0.439. The van der Waals surface area contributed by atoms with E-state index >= 15 is 0 Å². The number of benzene rings is 1. The van der Waals surface area contributed by atoms with Crippen LogP contribution < -0.4 is 21.1 Å². The van der Waals surface area contributed by atoms with Crippen LogP contribution in [0.3, 0.4) is 0 Å². The number of carboxylic acid groups (broad SMARTS) is 1. The van der Waals surface area contributed by atoms with E-state index in [-0.39, 0.29) is 37.9 Å². The van der Waals surface area contributed by atoms with Gasteiger partial charge in [0.05, 0.1) is 19.1 Å². The Balaban J connectivity index is 1.89. The number of pyridine rings is 1. The number of carbonyl (C=O) groups excluding carboxylic acids is 2. The van der Waals surface area contributed by atoms with Crippen LogP contribution in [0.1, 0.15) is 24.1 Å². The third-order valence-corrected chi connectivity index (χ3v) is 6.83. The molecule has 2 aliphatic heterocycles. The molecule has 2 amide bonds. The number of nitrogens with zero attached hydrogens (tertiary/aromatic N) is 3. The lowest BCUT2D eigenvalue weighted by atomic mass is 9.77. The number of nitrogen functional groups attached to an aromatic ring is 1. The second-order valence-electron chi connectivity index (χ2n) is 9.00. The van der Waals surface area contributed by atoms with Gasteiger partial charge in [-0.2, -0.15) is 0 Å². The molecule has 4 rings (SSSR count). The highest BCUT2D eigenvalue weighted by molar-refractivity contribution is 5.95. The average Bonchev–Trinajstić information content (AvgIpc) is 2.89. The van der Waals surface area contributed by atoms with Crippen molar-refractivity contribution in [2.75, 3.05) is 39.3 Å². The Morgan fingerprint density at radius 1 is 1.14 bits per heavy atom. The number of aromatic nitrogens is 1. The zero-order valence-electron chi connectivity index (χ0n) is 20.5. The maximum Gasteiger partial charge on any atom is 0.336 e. The summed E-state index contributed by atoms with van der Waals surface area (Å²) in [7, 11) is 0. The number of piperazine rings is 2. The van der Waals surface area contributed by atoms with Crippen LogP contribution in [0.4, 0.5) is 0 Å². The molecule has 2 aliphatic rings. The van der Waals surface area contributed by atoms with Gasteiger partial charge < -0.3 is 36.0 Å². The van der Waals surface area contributed by atoms with Crippen molar-refractivity contribution in [3.8, 4) is 5.75 Å². The molecule has 1 aromatic carbocycles. The van der Waals surface area contributed by atoms with Crippen molar-refractivity contribution in [1.82, 2.24) is 25.4 Å². The Labute approximate surface area is 214 Å². The van der Waals surface area contributed by atoms with Crippen molar-refractivity contribution in [3.63, 3.8) is 0 Å². The molecule has 0 bridgehead atoms. The first-order valence-electron chi connectivity index (χ1n) is 12.0. The van der Waals surface area contributed by atoms with Gasteiger partial charge in [0.25, 0.3) is 0 Å². The van der Waals surface area contributed by atoms with E-state index < -0.39 is 29.6 Å². The average molecular weight is 510 g/mol. The summed E-state index contributed by atoms with van der Waals surface area (Å²) in [5.41, 5.74) is 4.53. The fourth-order valence-electron chi connectivity index (χ4n) is 5.10.